The fraction of sp³-hybridized carbons (Fsp3) is 0.308. The van der Waals surface area contributed by atoms with Crippen molar-refractivity contribution in [2.24, 2.45) is 5.41 Å². The normalized spacial score (nSPS) is 11.5. The lowest BCUT2D eigenvalue weighted by Gasteiger charge is -2.14. The van der Waals surface area contributed by atoms with Gasteiger partial charge in [0.15, 0.2) is 0 Å². The summed E-state index contributed by atoms with van der Waals surface area (Å²) in [6.45, 7) is 5.07. The van der Waals surface area contributed by atoms with Crippen LogP contribution in [0.25, 0.3) is 6.08 Å². The fourth-order valence-electron chi connectivity index (χ4n) is 0.917. The van der Waals surface area contributed by atoms with Gasteiger partial charge in [-0.2, -0.15) is 0 Å². The van der Waals surface area contributed by atoms with Gasteiger partial charge in [-0.3, -0.25) is 9.78 Å². The summed E-state index contributed by atoms with van der Waals surface area (Å²) in [4.78, 5) is 26.6. The lowest BCUT2D eigenvalue weighted by atomic mass is 9.97. The number of ether oxygens (including phenoxy) is 1. The zero-order valence-corrected chi connectivity index (χ0v) is 10.1. The number of hydrogen-bond acceptors (Lipinski definition) is 4. The minimum atomic E-state index is -0.680. The van der Waals surface area contributed by atoms with Crippen LogP contribution < -0.4 is 0 Å². The molecule has 0 bridgehead atoms. The van der Waals surface area contributed by atoms with Crippen LogP contribution in [0.3, 0.4) is 0 Å². The molecule has 1 aromatic heterocycles. The molecule has 0 unspecified atom stereocenters. The third-order valence-electron chi connectivity index (χ3n) is 1.92. The summed E-state index contributed by atoms with van der Waals surface area (Å²) >= 11 is 0. The van der Waals surface area contributed by atoms with Gasteiger partial charge in [-0.25, -0.2) is 4.79 Å². The highest BCUT2D eigenvalue weighted by Crippen LogP contribution is 2.15. The monoisotopic (exact) mass is 233 g/mol. The van der Waals surface area contributed by atoms with Crippen molar-refractivity contribution in [1.82, 2.24) is 4.98 Å². The maximum atomic E-state index is 11.4. The molecule has 0 aliphatic rings. The zero-order valence-electron chi connectivity index (χ0n) is 10.1. The van der Waals surface area contributed by atoms with Gasteiger partial charge in [0.05, 0.1) is 5.41 Å². The highest BCUT2D eigenvalue weighted by Gasteiger charge is 2.24. The van der Waals surface area contributed by atoms with Crippen molar-refractivity contribution in [1.29, 1.82) is 0 Å². The Bertz CT molecular complexity index is 430. The molecule has 0 atom stereocenters. The molecule has 0 aliphatic heterocycles. The average Bonchev–Trinajstić information content (AvgIpc) is 2.26. The van der Waals surface area contributed by atoms with Crippen molar-refractivity contribution in [2.45, 2.75) is 20.8 Å². The predicted octanol–water partition coefficient (Wildman–Crippen LogP) is 2.21. The Morgan fingerprint density at radius 1 is 1.24 bits per heavy atom. The molecule has 0 aromatic carbocycles. The van der Waals surface area contributed by atoms with Crippen LogP contribution in [0, 0.1) is 5.41 Å². The van der Waals surface area contributed by atoms with Crippen molar-refractivity contribution in [3.8, 4) is 0 Å². The summed E-state index contributed by atoms with van der Waals surface area (Å²) in [5, 5.41) is 0. The molecule has 4 heteroatoms. The first kappa shape index (κ1) is 13.1. The zero-order chi connectivity index (χ0) is 12.9. The molecule has 0 amide bonds. The van der Waals surface area contributed by atoms with Gasteiger partial charge in [0.2, 0.25) is 0 Å². The molecule has 17 heavy (non-hydrogen) atoms. The van der Waals surface area contributed by atoms with Crippen LogP contribution in [0.5, 0.6) is 0 Å². The van der Waals surface area contributed by atoms with E-state index in [4.69, 9.17) is 0 Å². The second-order valence-corrected chi connectivity index (χ2v) is 4.57. The lowest BCUT2D eigenvalue weighted by molar-refractivity contribution is -0.162. The van der Waals surface area contributed by atoms with Gasteiger partial charge in [-0.1, -0.05) is 0 Å². The molecule has 1 heterocycles. The molecule has 4 nitrogen and oxygen atoms in total. The van der Waals surface area contributed by atoms with Crippen molar-refractivity contribution in [2.75, 3.05) is 0 Å². The van der Waals surface area contributed by atoms with E-state index < -0.39 is 17.4 Å². The maximum Gasteiger partial charge on any atom is 0.338 e. The number of carbonyl (C=O) groups excluding carboxylic acids is 2. The van der Waals surface area contributed by atoms with Crippen LogP contribution >= 0.6 is 0 Å². The van der Waals surface area contributed by atoms with E-state index in [1.807, 2.05) is 0 Å². The number of carbonyl (C=O) groups is 2. The molecule has 0 aliphatic carbocycles. The highest BCUT2D eigenvalue weighted by molar-refractivity contribution is 5.96. The average molecular weight is 233 g/mol. The second-order valence-electron chi connectivity index (χ2n) is 4.57. The van der Waals surface area contributed by atoms with Gasteiger partial charge in [0.25, 0.3) is 0 Å². The standard InChI is InChI=1S/C13H15NO3/c1-13(2,3)12(16)17-11(15)5-4-10-6-8-14-9-7-10/h4-9H,1-3H3/b5-4+. The first-order chi connectivity index (χ1) is 7.89. The van der Waals surface area contributed by atoms with E-state index in [0.29, 0.717) is 0 Å². The minimum Gasteiger partial charge on any atom is -0.389 e. The Balaban J connectivity index is 2.57. The van der Waals surface area contributed by atoms with E-state index in [0.717, 1.165) is 5.56 Å². The molecule has 0 fully saturated rings. The lowest BCUT2D eigenvalue weighted by Crippen LogP contribution is -2.25. The molecular formula is C13H15NO3. The topological polar surface area (TPSA) is 56.3 Å². The maximum absolute atomic E-state index is 11.4. The minimum absolute atomic E-state index is 0.540. The van der Waals surface area contributed by atoms with Crippen LogP contribution in [0.4, 0.5) is 0 Å². The molecule has 0 radical (unpaired) electrons. The van der Waals surface area contributed by atoms with Gasteiger partial charge in [0.1, 0.15) is 0 Å². The van der Waals surface area contributed by atoms with Crippen LogP contribution in [-0.4, -0.2) is 16.9 Å². The van der Waals surface area contributed by atoms with E-state index in [-0.39, 0.29) is 0 Å². The van der Waals surface area contributed by atoms with E-state index in [2.05, 4.69) is 9.72 Å². The Morgan fingerprint density at radius 3 is 2.35 bits per heavy atom. The van der Waals surface area contributed by atoms with Gasteiger partial charge >= 0.3 is 11.9 Å². The Labute approximate surface area is 100 Å². The van der Waals surface area contributed by atoms with E-state index in [1.54, 1.807) is 51.4 Å². The summed E-state index contributed by atoms with van der Waals surface area (Å²) in [6.07, 6.45) is 6.02. The Morgan fingerprint density at radius 2 is 1.82 bits per heavy atom. The smallest absolute Gasteiger partial charge is 0.338 e. The summed E-state index contributed by atoms with van der Waals surface area (Å²) in [6, 6.07) is 3.49. The Kier molecular flexibility index (Phi) is 4.15. The number of pyridine rings is 1. The molecule has 0 spiro atoms. The van der Waals surface area contributed by atoms with Crippen LogP contribution in [0.15, 0.2) is 30.6 Å². The molecule has 0 N–H and O–H groups in total. The van der Waals surface area contributed by atoms with Crippen molar-refractivity contribution < 1.29 is 14.3 Å². The van der Waals surface area contributed by atoms with E-state index in [9.17, 15) is 9.59 Å². The molecule has 90 valence electrons. The van der Waals surface area contributed by atoms with Crippen LogP contribution in [-0.2, 0) is 14.3 Å². The molecule has 0 saturated heterocycles. The molecule has 1 aromatic rings. The number of nitrogens with zero attached hydrogens (tertiary/aromatic N) is 1. The SMILES string of the molecule is CC(C)(C)C(=O)OC(=O)/C=C/c1ccncc1. The molecule has 0 saturated carbocycles. The van der Waals surface area contributed by atoms with Gasteiger partial charge in [-0.15, -0.1) is 0 Å². The van der Waals surface area contributed by atoms with E-state index in [1.165, 1.54) is 6.08 Å². The van der Waals surface area contributed by atoms with Crippen LogP contribution in [0.1, 0.15) is 26.3 Å². The quantitative estimate of drug-likeness (QED) is 0.446. The second kappa shape index (κ2) is 5.39. The van der Waals surface area contributed by atoms with E-state index >= 15 is 0 Å². The first-order valence-electron chi connectivity index (χ1n) is 5.24. The molecular weight excluding hydrogens is 218 g/mol. The summed E-state index contributed by atoms with van der Waals surface area (Å²) in [5.41, 5.74) is 0.139. The Hall–Kier alpha value is -1.97. The van der Waals surface area contributed by atoms with Crippen LogP contribution in [0.2, 0.25) is 0 Å². The van der Waals surface area contributed by atoms with Gasteiger partial charge in [-0.05, 0) is 44.5 Å². The predicted molar refractivity (Wildman–Crippen MR) is 63.8 cm³/mol. The number of rotatable bonds is 2. The van der Waals surface area contributed by atoms with Gasteiger partial charge in [0, 0.05) is 18.5 Å². The highest BCUT2D eigenvalue weighted by atomic mass is 16.6. The molecule has 1 rings (SSSR count). The number of hydrogen-bond donors (Lipinski definition) is 0. The summed E-state index contributed by atoms with van der Waals surface area (Å²) < 4.78 is 4.66. The largest absolute Gasteiger partial charge is 0.389 e. The van der Waals surface area contributed by atoms with Gasteiger partial charge < -0.3 is 4.74 Å². The van der Waals surface area contributed by atoms with Crippen molar-refractivity contribution in [3.05, 3.63) is 36.2 Å². The number of aromatic nitrogens is 1. The first-order valence-corrected chi connectivity index (χ1v) is 5.24. The fourth-order valence-corrected chi connectivity index (χ4v) is 0.917. The summed E-state index contributed by atoms with van der Waals surface area (Å²) in [7, 11) is 0. The third kappa shape index (κ3) is 4.59. The summed E-state index contributed by atoms with van der Waals surface area (Å²) in [5.74, 6) is -1.20. The number of esters is 2. The van der Waals surface area contributed by atoms with Crippen molar-refractivity contribution >= 4 is 18.0 Å². The van der Waals surface area contributed by atoms with Crippen molar-refractivity contribution in [3.63, 3.8) is 0 Å². The third-order valence-corrected chi connectivity index (χ3v) is 1.92.